The van der Waals surface area contributed by atoms with Crippen LogP contribution in [0.1, 0.15) is 46.5 Å². The Kier molecular flexibility index (Phi) is 4.80. The SMILES string of the molecule is CC1(C)CCC(NC(=O)NC(C)(C(=O)O)C(F)(F)F)CC1. The van der Waals surface area contributed by atoms with Gasteiger partial charge in [-0.1, -0.05) is 13.8 Å². The van der Waals surface area contributed by atoms with Gasteiger partial charge in [-0.25, -0.2) is 9.59 Å². The van der Waals surface area contributed by atoms with Crippen LogP contribution in [-0.4, -0.2) is 34.9 Å². The van der Waals surface area contributed by atoms with E-state index in [0.29, 0.717) is 19.8 Å². The van der Waals surface area contributed by atoms with Crippen molar-refractivity contribution in [2.75, 3.05) is 0 Å². The fourth-order valence-electron chi connectivity index (χ4n) is 2.24. The lowest BCUT2D eigenvalue weighted by Crippen LogP contribution is -2.64. The van der Waals surface area contributed by atoms with Crippen LogP contribution in [0.5, 0.6) is 0 Å². The Labute approximate surface area is 121 Å². The van der Waals surface area contributed by atoms with Crippen LogP contribution in [0.3, 0.4) is 0 Å². The number of hydrogen-bond donors (Lipinski definition) is 3. The molecule has 0 aromatic carbocycles. The summed E-state index contributed by atoms with van der Waals surface area (Å²) >= 11 is 0. The van der Waals surface area contributed by atoms with Crippen molar-refractivity contribution in [3.8, 4) is 0 Å². The largest absolute Gasteiger partial charge is 0.479 e. The van der Waals surface area contributed by atoms with Crippen LogP contribution in [0.25, 0.3) is 0 Å². The van der Waals surface area contributed by atoms with Gasteiger partial charge in [0.25, 0.3) is 0 Å². The number of halogens is 3. The molecule has 1 rings (SSSR count). The van der Waals surface area contributed by atoms with Crippen LogP contribution in [0.2, 0.25) is 0 Å². The zero-order valence-corrected chi connectivity index (χ0v) is 12.3. The number of rotatable bonds is 3. The molecule has 122 valence electrons. The smallest absolute Gasteiger partial charge is 0.422 e. The maximum atomic E-state index is 12.8. The number of alkyl halides is 3. The molecule has 2 amide bonds. The van der Waals surface area contributed by atoms with Gasteiger partial charge in [-0.2, -0.15) is 13.2 Å². The van der Waals surface area contributed by atoms with Gasteiger partial charge in [0, 0.05) is 6.04 Å². The molecule has 1 unspecified atom stereocenters. The first kappa shape index (κ1) is 17.6. The van der Waals surface area contributed by atoms with Crippen molar-refractivity contribution >= 4 is 12.0 Å². The molecule has 0 aromatic rings. The summed E-state index contributed by atoms with van der Waals surface area (Å²) < 4.78 is 38.3. The lowest BCUT2D eigenvalue weighted by atomic mass is 9.75. The van der Waals surface area contributed by atoms with Crippen molar-refractivity contribution in [2.45, 2.75) is 64.2 Å². The molecule has 0 radical (unpaired) electrons. The van der Waals surface area contributed by atoms with Crippen molar-refractivity contribution in [1.82, 2.24) is 10.6 Å². The first-order valence-corrected chi connectivity index (χ1v) is 6.76. The average molecular weight is 310 g/mol. The fourth-order valence-corrected chi connectivity index (χ4v) is 2.24. The molecule has 21 heavy (non-hydrogen) atoms. The molecule has 5 nitrogen and oxygen atoms in total. The fraction of sp³-hybridized carbons (Fsp3) is 0.846. The monoisotopic (exact) mass is 310 g/mol. The van der Waals surface area contributed by atoms with Crippen molar-refractivity contribution in [2.24, 2.45) is 5.41 Å². The molecule has 0 bridgehead atoms. The van der Waals surface area contributed by atoms with Gasteiger partial charge in [0.05, 0.1) is 0 Å². The topological polar surface area (TPSA) is 78.4 Å². The van der Waals surface area contributed by atoms with Crippen molar-refractivity contribution in [1.29, 1.82) is 0 Å². The Morgan fingerprint density at radius 3 is 2.05 bits per heavy atom. The lowest BCUT2D eigenvalue weighted by molar-refractivity contribution is -0.203. The third kappa shape index (κ3) is 4.25. The number of amides is 2. The van der Waals surface area contributed by atoms with E-state index in [4.69, 9.17) is 5.11 Å². The molecule has 0 spiro atoms. The predicted octanol–water partition coefficient (Wildman–Crippen LogP) is 2.66. The highest BCUT2D eigenvalue weighted by atomic mass is 19.4. The van der Waals surface area contributed by atoms with E-state index in [-0.39, 0.29) is 11.5 Å². The Morgan fingerprint density at radius 1 is 1.19 bits per heavy atom. The van der Waals surface area contributed by atoms with Crippen LogP contribution in [-0.2, 0) is 4.79 Å². The van der Waals surface area contributed by atoms with Crippen molar-refractivity contribution in [3.63, 3.8) is 0 Å². The molecule has 1 atom stereocenters. The highest BCUT2D eigenvalue weighted by Crippen LogP contribution is 2.35. The minimum atomic E-state index is -5.08. The van der Waals surface area contributed by atoms with Gasteiger partial charge in [0.15, 0.2) is 0 Å². The minimum Gasteiger partial charge on any atom is -0.479 e. The molecule has 0 aromatic heterocycles. The van der Waals surface area contributed by atoms with Gasteiger partial charge in [0.1, 0.15) is 0 Å². The highest BCUT2D eigenvalue weighted by Gasteiger charge is 2.58. The Morgan fingerprint density at radius 2 is 1.67 bits per heavy atom. The summed E-state index contributed by atoms with van der Waals surface area (Å²) in [5.41, 5.74) is -3.14. The summed E-state index contributed by atoms with van der Waals surface area (Å²) in [5, 5.41) is 12.7. The first-order chi connectivity index (χ1) is 9.37. The van der Waals surface area contributed by atoms with E-state index in [9.17, 15) is 22.8 Å². The Balaban J connectivity index is 2.63. The molecule has 0 saturated heterocycles. The Hall–Kier alpha value is -1.47. The second-order valence-corrected chi connectivity index (χ2v) is 6.46. The van der Waals surface area contributed by atoms with Crippen LogP contribution in [0.4, 0.5) is 18.0 Å². The summed E-state index contributed by atoms with van der Waals surface area (Å²) in [7, 11) is 0. The quantitative estimate of drug-likeness (QED) is 0.750. The van der Waals surface area contributed by atoms with E-state index in [1.165, 1.54) is 5.32 Å². The maximum Gasteiger partial charge on any atom is 0.422 e. The van der Waals surface area contributed by atoms with Crippen LogP contribution in [0.15, 0.2) is 0 Å². The van der Waals surface area contributed by atoms with Crippen molar-refractivity contribution in [3.05, 3.63) is 0 Å². The second-order valence-electron chi connectivity index (χ2n) is 6.46. The normalized spacial score (nSPS) is 22.2. The first-order valence-electron chi connectivity index (χ1n) is 6.76. The van der Waals surface area contributed by atoms with Gasteiger partial charge >= 0.3 is 18.2 Å². The van der Waals surface area contributed by atoms with E-state index in [0.717, 1.165) is 12.8 Å². The number of carbonyl (C=O) groups is 2. The van der Waals surface area contributed by atoms with Gasteiger partial charge < -0.3 is 15.7 Å². The van der Waals surface area contributed by atoms with Crippen molar-refractivity contribution < 1.29 is 27.9 Å². The number of carbonyl (C=O) groups excluding carboxylic acids is 1. The molecular weight excluding hydrogens is 289 g/mol. The number of aliphatic carboxylic acids is 1. The maximum absolute atomic E-state index is 12.8. The summed E-state index contributed by atoms with van der Waals surface area (Å²) in [4.78, 5) is 22.5. The number of urea groups is 1. The third-order valence-electron chi connectivity index (χ3n) is 4.03. The van der Waals surface area contributed by atoms with Crippen LogP contribution in [0, 0.1) is 5.41 Å². The zero-order valence-electron chi connectivity index (χ0n) is 12.3. The summed E-state index contributed by atoms with van der Waals surface area (Å²) in [6.45, 7) is 4.61. The number of nitrogens with one attached hydrogen (secondary N) is 2. The third-order valence-corrected chi connectivity index (χ3v) is 4.03. The number of carboxylic acids is 1. The molecular formula is C13H21F3N2O3. The van der Waals surface area contributed by atoms with Crippen LogP contribution >= 0.6 is 0 Å². The van der Waals surface area contributed by atoms with E-state index >= 15 is 0 Å². The van der Waals surface area contributed by atoms with Gasteiger partial charge in [-0.3, -0.25) is 0 Å². The van der Waals surface area contributed by atoms with Gasteiger partial charge in [0.2, 0.25) is 5.54 Å². The molecule has 3 N–H and O–H groups in total. The minimum absolute atomic E-state index is 0.163. The summed E-state index contributed by atoms with van der Waals surface area (Å²) in [6.07, 6.45) is -2.04. The summed E-state index contributed by atoms with van der Waals surface area (Å²) in [6, 6.07) is -1.34. The molecule has 0 aliphatic heterocycles. The van der Waals surface area contributed by atoms with Crippen LogP contribution < -0.4 is 10.6 Å². The molecule has 0 heterocycles. The van der Waals surface area contributed by atoms with E-state index in [1.807, 2.05) is 0 Å². The average Bonchev–Trinajstić information content (AvgIpc) is 2.30. The second kappa shape index (κ2) is 5.73. The van der Waals surface area contributed by atoms with Gasteiger partial charge in [-0.15, -0.1) is 0 Å². The molecule has 1 aliphatic carbocycles. The number of carboxylic acid groups (broad SMARTS) is 1. The molecule has 8 heteroatoms. The van der Waals surface area contributed by atoms with E-state index < -0.39 is 23.7 Å². The predicted molar refractivity (Wildman–Crippen MR) is 69.8 cm³/mol. The Bertz CT molecular complexity index is 413. The molecule has 1 saturated carbocycles. The lowest BCUT2D eigenvalue weighted by Gasteiger charge is -2.35. The molecule has 1 aliphatic rings. The number of hydrogen-bond acceptors (Lipinski definition) is 2. The van der Waals surface area contributed by atoms with E-state index in [2.05, 4.69) is 19.2 Å². The van der Waals surface area contributed by atoms with E-state index in [1.54, 1.807) is 0 Å². The standard InChI is InChI=1S/C13H21F3N2O3/c1-11(2)6-4-8(5-7-11)17-10(21)18-12(3,9(19)20)13(14,15)16/h8H,4-7H2,1-3H3,(H,19,20)(H2,17,18,21). The zero-order chi connectivity index (χ0) is 16.5. The summed E-state index contributed by atoms with van der Waals surface area (Å²) in [5.74, 6) is -2.14. The molecule has 1 fully saturated rings. The van der Waals surface area contributed by atoms with Gasteiger partial charge in [-0.05, 0) is 38.0 Å². The highest BCUT2D eigenvalue weighted by molar-refractivity contribution is 5.86.